The van der Waals surface area contributed by atoms with E-state index in [0.29, 0.717) is 23.2 Å². The summed E-state index contributed by atoms with van der Waals surface area (Å²) in [5.74, 6) is 1.20. The number of hydrogen-bond acceptors (Lipinski definition) is 7. The van der Waals surface area contributed by atoms with E-state index in [1.54, 1.807) is 6.08 Å². The lowest BCUT2D eigenvalue weighted by atomic mass is 10.2. The normalized spacial score (nSPS) is 11.6. The Morgan fingerprint density at radius 3 is 2.72 bits per heavy atom. The molecule has 3 rings (SSSR count). The van der Waals surface area contributed by atoms with E-state index >= 15 is 0 Å². The molecule has 10 heteroatoms. The molecule has 9 nitrogen and oxygen atoms in total. The highest BCUT2D eigenvalue weighted by Gasteiger charge is 2.20. The number of allylic oxidation sites excluding steroid dienone is 1. The molecular formula is C22H23N5O4S. The third kappa shape index (κ3) is 5.94. The van der Waals surface area contributed by atoms with Gasteiger partial charge in [0.25, 0.3) is 5.69 Å². The van der Waals surface area contributed by atoms with Crippen LogP contribution in [-0.2, 0) is 11.3 Å². The van der Waals surface area contributed by atoms with Crippen molar-refractivity contribution in [3.05, 3.63) is 82.7 Å². The molecule has 0 aliphatic carbocycles. The number of nitrogens with zero attached hydrogens (tertiary/aromatic N) is 4. The van der Waals surface area contributed by atoms with Crippen molar-refractivity contribution in [2.45, 2.75) is 31.7 Å². The average molecular weight is 454 g/mol. The topological polar surface area (TPSA) is 112 Å². The summed E-state index contributed by atoms with van der Waals surface area (Å²) < 4.78 is 7.88. The Morgan fingerprint density at radius 2 is 2.06 bits per heavy atom. The largest absolute Gasteiger partial charge is 0.483 e. The van der Waals surface area contributed by atoms with Gasteiger partial charge in [-0.25, -0.2) is 0 Å². The number of nitrogens with one attached hydrogen (secondary N) is 1. The molecule has 3 aromatic rings. The summed E-state index contributed by atoms with van der Waals surface area (Å²) in [6, 6.07) is 13.4. The molecular weight excluding hydrogens is 430 g/mol. The predicted molar refractivity (Wildman–Crippen MR) is 123 cm³/mol. The molecule has 0 aliphatic heterocycles. The van der Waals surface area contributed by atoms with Gasteiger partial charge in [0.05, 0.1) is 10.7 Å². The average Bonchev–Trinajstić information content (AvgIpc) is 3.16. The fourth-order valence-corrected chi connectivity index (χ4v) is 3.70. The van der Waals surface area contributed by atoms with Gasteiger partial charge in [0.15, 0.2) is 17.1 Å². The van der Waals surface area contributed by atoms with E-state index < -0.39 is 4.92 Å². The van der Waals surface area contributed by atoms with Crippen molar-refractivity contribution in [2.24, 2.45) is 0 Å². The van der Waals surface area contributed by atoms with Crippen LogP contribution >= 0.6 is 11.8 Å². The molecule has 1 N–H and O–H groups in total. The van der Waals surface area contributed by atoms with Crippen molar-refractivity contribution in [1.29, 1.82) is 0 Å². The van der Waals surface area contributed by atoms with Gasteiger partial charge in [-0.05, 0) is 43.7 Å². The second-order valence-corrected chi connectivity index (χ2v) is 7.90. The van der Waals surface area contributed by atoms with Crippen LogP contribution in [0, 0.1) is 17.0 Å². The van der Waals surface area contributed by atoms with E-state index in [-0.39, 0.29) is 23.5 Å². The van der Waals surface area contributed by atoms with Crippen LogP contribution in [0.4, 0.5) is 11.4 Å². The summed E-state index contributed by atoms with van der Waals surface area (Å²) in [5.41, 5.74) is 1.54. The lowest BCUT2D eigenvalue weighted by molar-refractivity contribution is -0.384. The van der Waals surface area contributed by atoms with Gasteiger partial charge in [-0.2, -0.15) is 0 Å². The molecule has 0 radical (unpaired) electrons. The summed E-state index contributed by atoms with van der Waals surface area (Å²) >= 11 is 1.24. The standard InChI is InChI=1S/C22H23N5O4S/c1-4-12-26-21(16(3)31-19-7-5-6-15(2)13-19)24-25-22(26)32-14-20(28)23-17-8-10-18(11-9-17)27(29)30/h4-11,13,16H,1,12,14H2,2-3H3,(H,23,28). The minimum atomic E-state index is -0.491. The number of rotatable bonds is 10. The van der Waals surface area contributed by atoms with E-state index in [1.807, 2.05) is 42.7 Å². The molecule has 1 unspecified atom stereocenters. The van der Waals surface area contributed by atoms with Crippen LogP contribution in [0.25, 0.3) is 0 Å². The molecule has 2 aromatic carbocycles. The SMILES string of the molecule is C=CCn1c(SCC(=O)Nc2ccc([N+](=O)[O-])cc2)nnc1C(C)Oc1cccc(C)c1. The third-order valence-corrected chi connectivity index (χ3v) is 5.38. The highest BCUT2D eigenvalue weighted by Crippen LogP contribution is 2.25. The maximum absolute atomic E-state index is 12.3. The van der Waals surface area contributed by atoms with Gasteiger partial charge in [-0.1, -0.05) is 30.0 Å². The number of amides is 1. The van der Waals surface area contributed by atoms with Crippen LogP contribution < -0.4 is 10.1 Å². The van der Waals surface area contributed by atoms with Crippen LogP contribution in [0.5, 0.6) is 5.75 Å². The molecule has 32 heavy (non-hydrogen) atoms. The lowest BCUT2D eigenvalue weighted by Crippen LogP contribution is -2.15. The Morgan fingerprint density at radius 1 is 1.31 bits per heavy atom. The Labute approximate surface area is 189 Å². The van der Waals surface area contributed by atoms with Gasteiger partial charge in [0.1, 0.15) is 5.75 Å². The summed E-state index contributed by atoms with van der Waals surface area (Å²) in [5, 5.41) is 22.5. The van der Waals surface area contributed by atoms with Crippen molar-refractivity contribution >= 4 is 29.0 Å². The molecule has 166 valence electrons. The Balaban J connectivity index is 1.64. The van der Waals surface area contributed by atoms with Gasteiger partial charge in [0.2, 0.25) is 5.91 Å². The van der Waals surface area contributed by atoms with Gasteiger partial charge < -0.3 is 10.1 Å². The molecule has 0 spiro atoms. The van der Waals surface area contributed by atoms with E-state index in [9.17, 15) is 14.9 Å². The zero-order valence-corrected chi connectivity index (χ0v) is 18.5. The number of anilines is 1. The van der Waals surface area contributed by atoms with E-state index in [1.165, 1.54) is 36.0 Å². The first-order valence-electron chi connectivity index (χ1n) is 9.81. The smallest absolute Gasteiger partial charge is 0.269 e. The number of carbonyl (C=O) groups excluding carboxylic acids is 1. The Kier molecular flexibility index (Phi) is 7.61. The van der Waals surface area contributed by atoms with Crippen molar-refractivity contribution in [2.75, 3.05) is 11.1 Å². The highest BCUT2D eigenvalue weighted by atomic mass is 32.2. The number of non-ortho nitro benzene ring substituents is 1. The summed E-state index contributed by atoms with van der Waals surface area (Å²) in [6.45, 7) is 8.14. The number of ether oxygens (including phenoxy) is 1. The molecule has 1 amide bonds. The van der Waals surface area contributed by atoms with E-state index in [0.717, 1.165) is 11.3 Å². The first-order chi connectivity index (χ1) is 15.4. The van der Waals surface area contributed by atoms with Gasteiger partial charge in [-0.15, -0.1) is 16.8 Å². The van der Waals surface area contributed by atoms with Crippen LogP contribution in [0.15, 0.2) is 66.3 Å². The predicted octanol–water partition coefficient (Wildman–Crippen LogP) is 4.55. The Bertz CT molecular complexity index is 1110. The minimum Gasteiger partial charge on any atom is -0.483 e. The second kappa shape index (κ2) is 10.6. The molecule has 0 bridgehead atoms. The quantitative estimate of drug-likeness (QED) is 0.207. The molecule has 1 aromatic heterocycles. The summed E-state index contributed by atoms with van der Waals surface area (Å²) in [6.07, 6.45) is 1.38. The van der Waals surface area contributed by atoms with E-state index in [2.05, 4.69) is 22.1 Å². The van der Waals surface area contributed by atoms with Crippen LogP contribution in [0.1, 0.15) is 24.4 Å². The van der Waals surface area contributed by atoms with Crippen LogP contribution in [0.3, 0.4) is 0 Å². The van der Waals surface area contributed by atoms with Gasteiger partial charge in [-0.3, -0.25) is 19.5 Å². The maximum atomic E-state index is 12.3. The molecule has 1 atom stereocenters. The highest BCUT2D eigenvalue weighted by molar-refractivity contribution is 7.99. The summed E-state index contributed by atoms with van der Waals surface area (Å²) in [7, 11) is 0. The van der Waals surface area contributed by atoms with Crippen LogP contribution in [-0.4, -0.2) is 31.3 Å². The monoisotopic (exact) mass is 453 g/mol. The zero-order chi connectivity index (χ0) is 23.1. The Hall–Kier alpha value is -3.66. The number of thioether (sulfide) groups is 1. The third-order valence-electron chi connectivity index (χ3n) is 4.42. The first kappa shape index (κ1) is 23.0. The van der Waals surface area contributed by atoms with Crippen molar-refractivity contribution in [1.82, 2.24) is 14.8 Å². The second-order valence-electron chi connectivity index (χ2n) is 6.96. The number of aryl methyl sites for hydroxylation is 1. The number of nitro benzene ring substituents is 1. The van der Waals surface area contributed by atoms with Crippen molar-refractivity contribution in [3.63, 3.8) is 0 Å². The molecule has 0 fully saturated rings. The van der Waals surface area contributed by atoms with Gasteiger partial charge in [0, 0.05) is 24.4 Å². The van der Waals surface area contributed by atoms with Crippen molar-refractivity contribution < 1.29 is 14.5 Å². The molecule has 0 aliphatic rings. The van der Waals surface area contributed by atoms with Crippen molar-refractivity contribution in [3.8, 4) is 5.75 Å². The summed E-state index contributed by atoms with van der Waals surface area (Å²) in [4.78, 5) is 22.6. The number of carbonyl (C=O) groups is 1. The maximum Gasteiger partial charge on any atom is 0.269 e. The van der Waals surface area contributed by atoms with Gasteiger partial charge >= 0.3 is 0 Å². The number of benzene rings is 2. The number of aromatic nitrogens is 3. The number of nitro groups is 1. The minimum absolute atomic E-state index is 0.0376. The molecule has 1 heterocycles. The lowest BCUT2D eigenvalue weighted by Gasteiger charge is -2.16. The fourth-order valence-electron chi connectivity index (χ4n) is 2.95. The number of hydrogen-bond donors (Lipinski definition) is 1. The fraction of sp³-hybridized carbons (Fsp3) is 0.227. The van der Waals surface area contributed by atoms with E-state index in [4.69, 9.17) is 4.74 Å². The molecule has 0 saturated carbocycles. The van der Waals surface area contributed by atoms with Crippen LogP contribution in [0.2, 0.25) is 0 Å². The first-order valence-corrected chi connectivity index (χ1v) is 10.8. The molecule has 0 saturated heterocycles. The zero-order valence-electron chi connectivity index (χ0n) is 17.7.